The second-order valence-electron chi connectivity index (χ2n) is 5.24. The molecule has 108 valence electrons. The Bertz CT molecular complexity index is 663. The number of hydrogen-bond donors (Lipinski definition) is 1. The van der Waals surface area contributed by atoms with Crippen LogP contribution in [0.3, 0.4) is 0 Å². The van der Waals surface area contributed by atoms with E-state index in [0.717, 1.165) is 24.2 Å². The summed E-state index contributed by atoms with van der Waals surface area (Å²) in [6.45, 7) is 0. The standard InChI is InChI=1S/C17H16FNO2/c1-21-15-5-3-2-4-14(15)17(10-11-17)19-16(20)12-6-8-13(18)9-7-12/h2-9H,10-11H2,1H3,(H,19,20). The minimum Gasteiger partial charge on any atom is -0.496 e. The minimum atomic E-state index is -0.363. The molecule has 0 spiro atoms. The molecule has 1 fully saturated rings. The van der Waals surface area contributed by atoms with Gasteiger partial charge in [0, 0.05) is 11.1 Å². The molecule has 0 heterocycles. The number of ether oxygens (including phenoxy) is 1. The Morgan fingerprint density at radius 1 is 1.14 bits per heavy atom. The van der Waals surface area contributed by atoms with Gasteiger partial charge < -0.3 is 10.1 Å². The number of halogens is 1. The summed E-state index contributed by atoms with van der Waals surface area (Å²) in [6.07, 6.45) is 1.75. The molecule has 1 amide bonds. The predicted molar refractivity (Wildman–Crippen MR) is 77.8 cm³/mol. The van der Waals surface area contributed by atoms with Gasteiger partial charge in [-0.2, -0.15) is 0 Å². The number of para-hydroxylation sites is 1. The van der Waals surface area contributed by atoms with Crippen LogP contribution < -0.4 is 10.1 Å². The van der Waals surface area contributed by atoms with Crippen molar-refractivity contribution in [1.82, 2.24) is 5.32 Å². The number of methoxy groups -OCH3 is 1. The third-order valence-corrected chi connectivity index (χ3v) is 3.83. The van der Waals surface area contributed by atoms with Crippen LogP contribution in [0.15, 0.2) is 48.5 Å². The molecule has 0 unspecified atom stereocenters. The monoisotopic (exact) mass is 285 g/mol. The second kappa shape index (κ2) is 5.20. The maximum atomic E-state index is 12.9. The summed E-state index contributed by atoms with van der Waals surface area (Å²) in [5.41, 5.74) is 1.08. The SMILES string of the molecule is COc1ccccc1C1(NC(=O)c2ccc(F)cc2)CC1. The van der Waals surface area contributed by atoms with Crippen LogP contribution in [-0.2, 0) is 5.54 Å². The van der Waals surface area contributed by atoms with Crippen LogP contribution in [0.5, 0.6) is 5.75 Å². The minimum absolute atomic E-state index is 0.196. The lowest BCUT2D eigenvalue weighted by atomic mass is 10.0. The molecule has 0 atom stereocenters. The van der Waals surface area contributed by atoms with Gasteiger partial charge in [0.2, 0.25) is 0 Å². The molecule has 1 aliphatic rings. The molecular weight excluding hydrogens is 269 g/mol. The highest BCUT2D eigenvalue weighted by atomic mass is 19.1. The van der Waals surface area contributed by atoms with Gasteiger partial charge in [-0.1, -0.05) is 18.2 Å². The molecule has 21 heavy (non-hydrogen) atoms. The van der Waals surface area contributed by atoms with E-state index in [4.69, 9.17) is 4.74 Å². The predicted octanol–water partition coefficient (Wildman–Crippen LogP) is 3.25. The lowest BCUT2D eigenvalue weighted by Crippen LogP contribution is -2.35. The summed E-state index contributed by atoms with van der Waals surface area (Å²) in [5, 5.41) is 3.05. The van der Waals surface area contributed by atoms with Gasteiger partial charge in [-0.15, -0.1) is 0 Å². The van der Waals surface area contributed by atoms with Gasteiger partial charge in [0.1, 0.15) is 11.6 Å². The first-order chi connectivity index (χ1) is 10.1. The topological polar surface area (TPSA) is 38.3 Å². The van der Waals surface area contributed by atoms with Gasteiger partial charge in [-0.05, 0) is 43.2 Å². The second-order valence-corrected chi connectivity index (χ2v) is 5.24. The van der Waals surface area contributed by atoms with E-state index in [9.17, 15) is 9.18 Å². The fraction of sp³-hybridized carbons (Fsp3) is 0.235. The van der Waals surface area contributed by atoms with Crippen molar-refractivity contribution in [2.24, 2.45) is 0 Å². The molecule has 2 aromatic rings. The molecule has 0 aromatic heterocycles. The average Bonchev–Trinajstić information content (AvgIpc) is 3.28. The molecule has 2 aromatic carbocycles. The Morgan fingerprint density at radius 3 is 2.43 bits per heavy atom. The molecule has 1 aliphatic carbocycles. The Kier molecular flexibility index (Phi) is 3.37. The van der Waals surface area contributed by atoms with E-state index in [1.807, 2.05) is 24.3 Å². The summed E-state index contributed by atoms with van der Waals surface area (Å²) in [5.74, 6) is 0.227. The number of benzene rings is 2. The fourth-order valence-electron chi connectivity index (χ4n) is 2.52. The number of rotatable bonds is 4. The van der Waals surface area contributed by atoms with Gasteiger partial charge in [0.15, 0.2) is 0 Å². The number of nitrogens with one attached hydrogen (secondary N) is 1. The number of carbonyl (C=O) groups excluding carboxylic acids is 1. The van der Waals surface area contributed by atoms with Crippen LogP contribution in [0.25, 0.3) is 0 Å². The van der Waals surface area contributed by atoms with Gasteiger partial charge >= 0.3 is 0 Å². The fourth-order valence-corrected chi connectivity index (χ4v) is 2.52. The zero-order valence-electron chi connectivity index (χ0n) is 11.7. The summed E-state index contributed by atoms with van der Waals surface area (Å²) >= 11 is 0. The van der Waals surface area contributed by atoms with Crippen molar-refractivity contribution >= 4 is 5.91 Å². The van der Waals surface area contributed by atoms with E-state index in [0.29, 0.717) is 5.56 Å². The normalized spacial score (nSPS) is 15.3. The lowest BCUT2D eigenvalue weighted by Gasteiger charge is -2.20. The van der Waals surface area contributed by atoms with E-state index in [1.165, 1.54) is 24.3 Å². The molecule has 0 bridgehead atoms. The maximum Gasteiger partial charge on any atom is 0.251 e. The first kappa shape index (κ1) is 13.6. The van der Waals surface area contributed by atoms with Crippen LogP contribution in [0.4, 0.5) is 4.39 Å². The van der Waals surface area contributed by atoms with Crippen molar-refractivity contribution in [3.63, 3.8) is 0 Å². The van der Waals surface area contributed by atoms with Crippen molar-refractivity contribution in [2.75, 3.05) is 7.11 Å². The summed E-state index contributed by atoms with van der Waals surface area (Å²) in [7, 11) is 1.62. The first-order valence-corrected chi connectivity index (χ1v) is 6.86. The van der Waals surface area contributed by atoms with E-state index in [-0.39, 0.29) is 17.3 Å². The number of hydrogen-bond acceptors (Lipinski definition) is 2. The maximum absolute atomic E-state index is 12.9. The molecule has 3 rings (SSSR count). The first-order valence-electron chi connectivity index (χ1n) is 6.86. The quantitative estimate of drug-likeness (QED) is 0.936. The highest BCUT2D eigenvalue weighted by molar-refractivity contribution is 5.95. The zero-order valence-corrected chi connectivity index (χ0v) is 11.7. The molecule has 3 nitrogen and oxygen atoms in total. The van der Waals surface area contributed by atoms with Crippen LogP contribution in [0.2, 0.25) is 0 Å². The molecule has 1 N–H and O–H groups in total. The van der Waals surface area contributed by atoms with Gasteiger partial charge in [-0.3, -0.25) is 4.79 Å². The van der Waals surface area contributed by atoms with E-state index >= 15 is 0 Å². The van der Waals surface area contributed by atoms with E-state index in [1.54, 1.807) is 7.11 Å². The lowest BCUT2D eigenvalue weighted by molar-refractivity contribution is 0.0930. The third-order valence-electron chi connectivity index (χ3n) is 3.83. The smallest absolute Gasteiger partial charge is 0.251 e. The van der Waals surface area contributed by atoms with Crippen LogP contribution in [0.1, 0.15) is 28.8 Å². The highest BCUT2D eigenvalue weighted by Crippen LogP contribution is 2.48. The van der Waals surface area contributed by atoms with Crippen molar-refractivity contribution in [3.8, 4) is 5.75 Å². The van der Waals surface area contributed by atoms with Crippen LogP contribution in [0, 0.1) is 5.82 Å². The molecule has 4 heteroatoms. The summed E-state index contributed by atoms with van der Waals surface area (Å²) in [6, 6.07) is 13.2. The average molecular weight is 285 g/mol. The van der Waals surface area contributed by atoms with Crippen LogP contribution >= 0.6 is 0 Å². The van der Waals surface area contributed by atoms with Crippen molar-refractivity contribution < 1.29 is 13.9 Å². The van der Waals surface area contributed by atoms with E-state index in [2.05, 4.69) is 5.32 Å². The Balaban J connectivity index is 1.83. The summed E-state index contributed by atoms with van der Waals surface area (Å²) < 4.78 is 18.3. The van der Waals surface area contributed by atoms with E-state index < -0.39 is 0 Å². The van der Waals surface area contributed by atoms with Crippen molar-refractivity contribution in [1.29, 1.82) is 0 Å². The number of amides is 1. The van der Waals surface area contributed by atoms with Crippen LogP contribution in [-0.4, -0.2) is 13.0 Å². The van der Waals surface area contributed by atoms with Gasteiger partial charge in [0.05, 0.1) is 12.6 Å². The van der Waals surface area contributed by atoms with Crippen molar-refractivity contribution in [3.05, 3.63) is 65.5 Å². The zero-order chi connectivity index (χ0) is 14.9. The third kappa shape index (κ3) is 2.61. The molecule has 0 saturated heterocycles. The Hall–Kier alpha value is -2.36. The molecular formula is C17H16FNO2. The largest absolute Gasteiger partial charge is 0.496 e. The summed E-state index contributed by atoms with van der Waals surface area (Å²) in [4.78, 5) is 12.3. The Labute approximate surface area is 122 Å². The highest BCUT2D eigenvalue weighted by Gasteiger charge is 2.47. The molecule has 0 radical (unpaired) electrons. The van der Waals surface area contributed by atoms with Crippen molar-refractivity contribution in [2.45, 2.75) is 18.4 Å². The molecule has 0 aliphatic heterocycles. The Morgan fingerprint density at radius 2 is 1.81 bits per heavy atom. The van der Waals surface area contributed by atoms with Gasteiger partial charge in [0.25, 0.3) is 5.91 Å². The number of carbonyl (C=O) groups is 1. The van der Waals surface area contributed by atoms with Gasteiger partial charge in [-0.25, -0.2) is 4.39 Å². The molecule has 1 saturated carbocycles.